The number of rotatable bonds is 4. The average molecular weight is 279 g/mol. The molecule has 0 spiro atoms. The molecule has 1 aromatic carbocycles. The quantitative estimate of drug-likeness (QED) is 0.609. The topological polar surface area (TPSA) is 104 Å². The summed E-state index contributed by atoms with van der Waals surface area (Å²) < 4.78 is 0. The lowest BCUT2D eigenvalue weighted by molar-refractivity contribution is -0.123. The molecule has 0 atom stereocenters. The van der Waals surface area contributed by atoms with Crippen LogP contribution in [0.2, 0.25) is 0 Å². The first-order chi connectivity index (χ1) is 9.24. The number of benzene rings is 1. The summed E-state index contributed by atoms with van der Waals surface area (Å²) in [6.45, 7) is 5.75. The molecule has 0 saturated heterocycles. The SMILES string of the molecule is CC(C)(C)c1ccc(O)c(NC(=O)CNC(=O)CN)c1. The van der Waals surface area contributed by atoms with E-state index in [2.05, 4.69) is 10.6 Å². The van der Waals surface area contributed by atoms with Crippen molar-refractivity contribution >= 4 is 17.5 Å². The average Bonchev–Trinajstić information content (AvgIpc) is 2.37. The highest BCUT2D eigenvalue weighted by atomic mass is 16.3. The normalized spacial score (nSPS) is 11.0. The zero-order chi connectivity index (χ0) is 15.3. The summed E-state index contributed by atoms with van der Waals surface area (Å²) in [6.07, 6.45) is 0. The number of aromatic hydroxyl groups is 1. The highest BCUT2D eigenvalue weighted by Crippen LogP contribution is 2.30. The van der Waals surface area contributed by atoms with E-state index in [1.807, 2.05) is 20.8 Å². The maximum Gasteiger partial charge on any atom is 0.243 e. The van der Waals surface area contributed by atoms with Crippen molar-refractivity contribution in [1.29, 1.82) is 0 Å². The molecule has 1 aromatic rings. The van der Waals surface area contributed by atoms with Crippen LogP contribution < -0.4 is 16.4 Å². The van der Waals surface area contributed by atoms with E-state index in [1.54, 1.807) is 12.1 Å². The molecule has 0 saturated carbocycles. The van der Waals surface area contributed by atoms with Crippen LogP contribution in [0.25, 0.3) is 0 Å². The van der Waals surface area contributed by atoms with Gasteiger partial charge in [0, 0.05) is 0 Å². The number of carbonyl (C=O) groups is 2. The van der Waals surface area contributed by atoms with Crippen LogP contribution in [-0.4, -0.2) is 30.0 Å². The first-order valence-corrected chi connectivity index (χ1v) is 6.34. The van der Waals surface area contributed by atoms with Gasteiger partial charge in [-0.2, -0.15) is 0 Å². The predicted octanol–water partition coefficient (Wildman–Crippen LogP) is 0.703. The summed E-state index contributed by atoms with van der Waals surface area (Å²) in [5, 5.41) is 14.7. The first kappa shape index (κ1) is 16.0. The smallest absolute Gasteiger partial charge is 0.243 e. The highest BCUT2D eigenvalue weighted by Gasteiger charge is 2.16. The molecule has 0 bridgehead atoms. The van der Waals surface area contributed by atoms with E-state index >= 15 is 0 Å². The van der Waals surface area contributed by atoms with Gasteiger partial charge in [-0.05, 0) is 23.1 Å². The number of nitrogens with one attached hydrogen (secondary N) is 2. The van der Waals surface area contributed by atoms with Crippen molar-refractivity contribution in [3.63, 3.8) is 0 Å². The van der Waals surface area contributed by atoms with Crippen LogP contribution in [0.3, 0.4) is 0 Å². The van der Waals surface area contributed by atoms with Crippen molar-refractivity contribution in [3.05, 3.63) is 23.8 Å². The van der Waals surface area contributed by atoms with Crippen LogP contribution in [0, 0.1) is 0 Å². The van der Waals surface area contributed by atoms with Crippen molar-refractivity contribution in [2.45, 2.75) is 26.2 Å². The molecule has 2 amide bonds. The summed E-state index contributed by atoms with van der Waals surface area (Å²) in [5.41, 5.74) is 6.33. The summed E-state index contributed by atoms with van der Waals surface area (Å²) >= 11 is 0. The molecular formula is C14H21N3O3. The van der Waals surface area contributed by atoms with E-state index in [-0.39, 0.29) is 24.3 Å². The molecule has 6 nitrogen and oxygen atoms in total. The van der Waals surface area contributed by atoms with Crippen LogP contribution in [-0.2, 0) is 15.0 Å². The van der Waals surface area contributed by atoms with Crippen LogP contribution >= 0.6 is 0 Å². The fourth-order valence-electron chi connectivity index (χ4n) is 1.55. The highest BCUT2D eigenvalue weighted by molar-refractivity contribution is 5.95. The van der Waals surface area contributed by atoms with Gasteiger partial charge in [-0.25, -0.2) is 0 Å². The van der Waals surface area contributed by atoms with Gasteiger partial charge in [0.1, 0.15) is 5.75 Å². The van der Waals surface area contributed by atoms with E-state index in [0.29, 0.717) is 5.69 Å². The Morgan fingerprint density at radius 2 is 1.90 bits per heavy atom. The number of amides is 2. The Morgan fingerprint density at radius 3 is 2.45 bits per heavy atom. The van der Waals surface area contributed by atoms with Crippen LogP contribution in [0.4, 0.5) is 5.69 Å². The molecule has 0 unspecified atom stereocenters. The van der Waals surface area contributed by atoms with E-state index < -0.39 is 11.8 Å². The van der Waals surface area contributed by atoms with E-state index in [4.69, 9.17) is 5.73 Å². The molecule has 0 aliphatic heterocycles. The van der Waals surface area contributed by atoms with Crippen molar-refractivity contribution in [1.82, 2.24) is 5.32 Å². The number of carbonyl (C=O) groups excluding carboxylic acids is 2. The Balaban J connectivity index is 2.76. The minimum Gasteiger partial charge on any atom is -0.506 e. The fourth-order valence-corrected chi connectivity index (χ4v) is 1.55. The first-order valence-electron chi connectivity index (χ1n) is 6.34. The minimum absolute atomic E-state index is 0.0171. The Hall–Kier alpha value is -2.08. The molecular weight excluding hydrogens is 258 g/mol. The van der Waals surface area contributed by atoms with E-state index in [0.717, 1.165) is 5.56 Å². The molecule has 5 N–H and O–H groups in total. The van der Waals surface area contributed by atoms with Gasteiger partial charge in [-0.15, -0.1) is 0 Å². The van der Waals surface area contributed by atoms with Gasteiger partial charge in [0.05, 0.1) is 18.8 Å². The Bertz CT molecular complexity index is 507. The van der Waals surface area contributed by atoms with Crippen molar-refractivity contribution in [2.24, 2.45) is 5.73 Å². The Kier molecular flexibility index (Phi) is 5.10. The maximum atomic E-state index is 11.7. The Morgan fingerprint density at radius 1 is 1.25 bits per heavy atom. The van der Waals surface area contributed by atoms with Gasteiger partial charge in [0.25, 0.3) is 0 Å². The van der Waals surface area contributed by atoms with Crippen LogP contribution in [0.1, 0.15) is 26.3 Å². The molecule has 0 aliphatic carbocycles. The molecule has 0 aromatic heterocycles. The lowest BCUT2D eigenvalue weighted by Gasteiger charge is -2.20. The number of nitrogens with two attached hydrogens (primary N) is 1. The number of hydrogen-bond donors (Lipinski definition) is 4. The molecule has 20 heavy (non-hydrogen) atoms. The lowest BCUT2D eigenvalue weighted by atomic mass is 9.87. The predicted molar refractivity (Wildman–Crippen MR) is 77.5 cm³/mol. The molecule has 0 fully saturated rings. The van der Waals surface area contributed by atoms with Crippen molar-refractivity contribution < 1.29 is 14.7 Å². The van der Waals surface area contributed by atoms with Crippen molar-refractivity contribution in [3.8, 4) is 5.75 Å². The molecule has 0 heterocycles. The second kappa shape index (κ2) is 6.38. The molecule has 6 heteroatoms. The van der Waals surface area contributed by atoms with Crippen LogP contribution in [0.5, 0.6) is 5.75 Å². The number of anilines is 1. The second-order valence-electron chi connectivity index (χ2n) is 5.51. The largest absolute Gasteiger partial charge is 0.506 e. The van der Waals surface area contributed by atoms with Gasteiger partial charge in [-0.3, -0.25) is 9.59 Å². The standard InChI is InChI=1S/C14H21N3O3/c1-14(2,3)9-4-5-11(18)10(6-9)17-13(20)8-16-12(19)7-15/h4-6,18H,7-8,15H2,1-3H3,(H,16,19)(H,17,20). The maximum absolute atomic E-state index is 11.7. The van der Waals surface area contributed by atoms with E-state index in [9.17, 15) is 14.7 Å². The van der Waals surface area contributed by atoms with Gasteiger partial charge in [0.2, 0.25) is 11.8 Å². The summed E-state index contributed by atoms with van der Waals surface area (Å²) in [5.74, 6) is -0.850. The third kappa shape index (κ3) is 4.55. The Labute approximate surface area is 118 Å². The fraction of sp³-hybridized carbons (Fsp3) is 0.429. The number of hydrogen-bond acceptors (Lipinski definition) is 4. The third-order valence-corrected chi connectivity index (χ3v) is 2.77. The summed E-state index contributed by atoms with van der Waals surface area (Å²) in [6, 6.07) is 5.06. The lowest BCUT2D eigenvalue weighted by Crippen LogP contribution is -2.36. The van der Waals surface area contributed by atoms with Crippen molar-refractivity contribution in [2.75, 3.05) is 18.4 Å². The van der Waals surface area contributed by atoms with Crippen LogP contribution in [0.15, 0.2) is 18.2 Å². The van der Waals surface area contributed by atoms with Gasteiger partial charge in [-0.1, -0.05) is 26.8 Å². The number of phenolic OH excluding ortho intramolecular Hbond substituents is 1. The monoisotopic (exact) mass is 279 g/mol. The minimum atomic E-state index is -0.423. The van der Waals surface area contributed by atoms with E-state index in [1.165, 1.54) is 6.07 Å². The third-order valence-electron chi connectivity index (χ3n) is 2.77. The zero-order valence-corrected chi connectivity index (χ0v) is 12.0. The zero-order valence-electron chi connectivity index (χ0n) is 12.0. The number of phenols is 1. The van der Waals surface area contributed by atoms with Gasteiger partial charge >= 0.3 is 0 Å². The summed E-state index contributed by atoms with van der Waals surface area (Å²) in [4.78, 5) is 22.6. The molecule has 1 rings (SSSR count). The molecule has 0 aliphatic rings. The summed E-state index contributed by atoms with van der Waals surface area (Å²) in [7, 11) is 0. The second-order valence-corrected chi connectivity index (χ2v) is 5.51. The van der Waals surface area contributed by atoms with Gasteiger partial charge in [0.15, 0.2) is 0 Å². The molecule has 110 valence electrons. The van der Waals surface area contributed by atoms with Gasteiger partial charge < -0.3 is 21.5 Å². The molecule has 0 radical (unpaired) electrons.